The molecule has 0 N–H and O–H groups in total. The Labute approximate surface area is 95.3 Å². The minimum Gasteiger partial charge on any atom is -0.335 e. The van der Waals surface area contributed by atoms with E-state index >= 15 is 0 Å². The number of amides is 1. The van der Waals surface area contributed by atoms with Crippen LogP contribution in [0.5, 0.6) is 0 Å². The highest BCUT2D eigenvalue weighted by atomic mass is 16.2. The van der Waals surface area contributed by atoms with E-state index in [1.54, 1.807) is 0 Å². The standard InChI is InChI=1S/C13H14N2O/c14-9-4-10-15(12-7-8-12)13(16)11-5-2-1-3-6-11/h1-3,5-6,12H,4,7-8,10H2. The van der Waals surface area contributed by atoms with Crippen molar-refractivity contribution in [3.8, 4) is 6.07 Å². The molecular formula is C13H14N2O. The lowest BCUT2D eigenvalue weighted by atomic mass is 10.2. The van der Waals surface area contributed by atoms with Crippen LogP contribution in [0, 0.1) is 11.3 Å². The van der Waals surface area contributed by atoms with Crippen molar-refractivity contribution in [2.24, 2.45) is 0 Å². The smallest absolute Gasteiger partial charge is 0.254 e. The van der Waals surface area contributed by atoms with E-state index in [9.17, 15) is 4.79 Å². The van der Waals surface area contributed by atoms with Crippen molar-refractivity contribution in [1.82, 2.24) is 4.90 Å². The molecule has 16 heavy (non-hydrogen) atoms. The molecule has 1 amide bonds. The molecule has 0 aliphatic heterocycles. The first-order chi connectivity index (χ1) is 7.83. The molecule has 1 aromatic rings. The van der Waals surface area contributed by atoms with Gasteiger partial charge in [-0.15, -0.1) is 0 Å². The van der Waals surface area contributed by atoms with E-state index in [-0.39, 0.29) is 5.91 Å². The normalized spacial score (nSPS) is 14.2. The first-order valence-corrected chi connectivity index (χ1v) is 5.56. The van der Waals surface area contributed by atoms with Crippen LogP contribution in [0.15, 0.2) is 30.3 Å². The molecule has 0 bridgehead atoms. The third-order valence-electron chi connectivity index (χ3n) is 2.73. The summed E-state index contributed by atoms with van der Waals surface area (Å²) in [7, 11) is 0. The highest BCUT2D eigenvalue weighted by Gasteiger charge is 2.32. The molecule has 3 heteroatoms. The Morgan fingerprint density at radius 3 is 2.62 bits per heavy atom. The largest absolute Gasteiger partial charge is 0.335 e. The molecule has 2 rings (SSSR count). The summed E-state index contributed by atoms with van der Waals surface area (Å²) in [5.74, 6) is 0.0540. The Morgan fingerprint density at radius 2 is 2.06 bits per heavy atom. The van der Waals surface area contributed by atoms with Crippen LogP contribution in [0.2, 0.25) is 0 Å². The van der Waals surface area contributed by atoms with E-state index in [0.717, 1.165) is 12.8 Å². The van der Waals surface area contributed by atoms with Crippen LogP contribution in [-0.2, 0) is 0 Å². The van der Waals surface area contributed by atoms with E-state index in [2.05, 4.69) is 6.07 Å². The monoisotopic (exact) mass is 214 g/mol. The van der Waals surface area contributed by atoms with Gasteiger partial charge in [0.1, 0.15) is 0 Å². The molecule has 1 fully saturated rings. The number of nitriles is 1. The van der Waals surface area contributed by atoms with Gasteiger partial charge in [-0.3, -0.25) is 4.79 Å². The summed E-state index contributed by atoms with van der Waals surface area (Å²) >= 11 is 0. The Kier molecular flexibility index (Phi) is 3.21. The zero-order valence-corrected chi connectivity index (χ0v) is 9.10. The van der Waals surface area contributed by atoms with Crippen LogP contribution in [0.4, 0.5) is 0 Å². The van der Waals surface area contributed by atoms with Gasteiger partial charge in [0.15, 0.2) is 0 Å². The van der Waals surface area contributed by atoms with Crippen molar-refractivity contribution in [3.05, 3.63) is 35.9 Å². The lowest BCUT2D eigenvalue weighted by Crippen LogP contribution is -2.33. The van der Waals surface area contributed by atoms with Crippen molar-refractivity contribution in [1.29, 1.82) is 5.26 Å². The summed E-state index contributed by atoms with van der Waals surface area (Å²) in [5.41, 5.74) is 0.715. The lowest BCUT2D eigenvalue weighted by Gasteiger charge is -2.21. The van der Waals surface area contributed by atoms with Gasteiger partial charge in [0.2, 0.25) is 0 Å². The van der Waals surface area contributed by atoms with Crippen LogP contribution in [0.1, 0.15) is 29.6 Å². The molecule has 1 aliphatic carbocycles. The third kappa shape index (κ3) is 2.40. The molecular weight excluding hydrogens is 200 g/mol. The number of carbonyl (C=O) groups excluding carboxylic acids is 1. The van der Waals surface area contributed by atoms with Crippen LogP contribution < -0.4 is 0 Å². The number of hydrogen-bond donors (Lipinski definition) is 0. The predicted molar refractivity (Wildman–Crippen MR) is 60.7 cm³/mol. The average molecular weight is 214 g/mol. The Balaban J connectivity index is 2.08. The van der Waals surface area contributed by atoms with Gasteiger partial charge in [0.05, 0.1) is 12.5 Å². The number of carbonyl (C=O) groups is 1. The molecule has 0 spiro atoms. The van der Waals surface area contributed by atoms with Gasteiger partial charge >= 0.3 is 0 Å². The van der Waals surface area contributed by atoms with Crippen LogP contribution >= 0.6 is 0 Å². The van der Waals surface area contributed by atoms with Gasteiger partial charge in [-0.25, -0.2) is 0 Å². The predicted octanol–water partition coefficient (Wildman–Crippen LogP) is 2.20. The van der Waals surface area contributed by atoms with Crippen molar-refractivity contribution in [3.63, 3.8) is 0 Å². The third-order valence-corrected chi connectivity index (χ3v) is 2.73. The van der Waals surface area contributed by atoms with Crippen molar-refractivity contribution >= 4 is 5.91 Å². The second kappa shape index (κ2) is 4.80. The topological polar surface area (TPSA) is 44.1 Å². The number of nitrogens with zero attached hydrogens (tertiary/aromatic N) is 2. The molecule has 0 unspecified atom stereocenters. The number of rotatable bonds is 4. The van der Waals surface area contributed by atoms with Crippen molar-refractivity contribution in [2.45, 2.75) is 25.3 Å². The highest BCUT2D eigenvalue weighted by Crippen LogP contribution is 2.28. The molecule has 3 nitrogen and oxygen atoms in total. The fourth-order valence-electron chi connectivity index (χ4n) is 1.75. The summed E-state index contributed by atoms with van der Waals surface area (Å²) < 4.78 is 0. The first-order valence-electron chi connectivity index (χ1n) is 5.56. The maximum atomic E-state index is 12.1. The summed E-state index contributed by atoms with van der Waals surface area (Å²) in [6.45, 7) is 0.550. The summed E-state index contributed by atoms with van der Waals surface area (Å²) in [6, 6.07) is 11.7. The van der Waals surface area contributed by atoms with E-state index in [4.69, 9.17) is 5.26 Å². The van der Waals surface area contributed by atoms with Crippen LogP contribution in [-0.4, -0.2) is 23.4 Å². The van der Waals surface area contributed by atoms with Gasteiger partial charge in [-0.05, 0) is 25.0 Å². The van der Waals surface area contributed by atoms with E-state index in [1.807, 2.05) is 35.2 Å². The van der Waals surface area contributed by atoms with Crippen LogP contribution in [0.25, 0.3) is 0 Å². The summed E-state index contributed by atoms with van der Waals surface area (Å²) in [4.78, 5) is 14.0. The van der Waals surface area contributed by atoms with Crippen LogP contribution in [0.3, 0.4) is 0 Å². The molecule has 1 aliphatic rings. The maximum absolute atomic E-state index is 12.1. The zero-order valence-electron chi connectivity index (χ0n) is 9.10. The zero-order chi connectivity index (χ0) is 11.4. The first kappa shape index (κ1) is 10.7. The Hall–Kier alpha value is -1.82. The molecule has 1 aromatic carbocycles. The minimum absolute atomic E-state index is 0.0540. The maximum Gasteiger partial charge on any atom is 0.254 e. The van der Waals surface area contributed by atoms with Crippen molar-refractivity contribution < 1.29 is 4.79 Å². The fourth-order valence-corrected chi connectivity index (χ4v) is 1.75. The summed E-state index contributed by atoms with van der Waals surface area (Å²) in [5, 5.41) is 8.58. The fraction of sp³-hybridized carbons (Fsp3) is 0.385. The van der Waals surface area contributed by atoms with Gasteiger partial charge in [0.25, 0.3) is 5.91 Å². The SMILES string of the molecule is N#CCCN(C(=O)c1ccccc1)C1CC1. The molecule has 1 saturated carbocycles. The second-order valence-corrected chi connectivity index (χ2v) is 4.00. The minimum atomic E-state index is 0.0540. The van der Waals surface area contributed by atoms with Gasteiger partial charge in [-0.2, -0.15) is 5.26 Å². The molecule has 0 atom stereocenters. The number of hydrogen-bond acceptors (Lipinski definition) is 2. The van der Waals surface area contributed by atoms with Gasteiger partial charge in [0, 0.05) is 18.2 Å². The molecule has 0 radical (unpaired) electrons. The average Bonchev–Trinajstić information content (AvgIpc) is 3.15. The Bertz CT molecular complexity index is 404. The highest BCUT2D eigenvalue weighted by molar-refractivity contribution is 5.94. The van der Waals surface area contributed by atoms with Gasteiger partial charge < -0.3 is 4.90 Å². The molecule has 0 saturated heterocycles. The van der Waals surface area contributed by atoms with E-state index in [1.165, 1.54) is 0 Å². The number of benzene rings is 1. The van der Waals surface area contributed by atoms with E-state index in [0.29, 0.717) is 24.6 Å². The second-order valence-electron chi connectivity index (χ2n) is 4.00. The lowest BCUT2D eigenvalue weighted by molar-refractivity contribution is 0.0747. The molecule has 0 heterocycles. The van der Waals surface area contributed by atoms with E-state index < -0.39 is 0 Å². The van der Waals surface area contributed by atoms with Crippen molar-refractivity contribution in [2.75, 3.05) is 6.54 Å². The summed E-state index contributed by atoms with van der Waals surface area (Å²) in [6.07, 6.45) is 2.56. The molecule has 0 aromatic heterocycles. The van der Waals surface area contributed by atoms with Gasteiger partial charge in [-0.1, -0.05) is 18.2 Å². The molecule has 82 valence electrons. The Morgan fingerprint density at radius 1 is 1.38 bits per heavy atom. The quantitative estimate of drug-likeness (QED) is 0.771.